The van der Waals surface area contributed by atoms with Crippen molar-refractivity contribution in [1.82, 2.24) is 4.98 Å². The van der Waals surface area contributed by atoms with E-state index in [4.69, 9.17) is 4.74 Å². The molecule has 88 valence electrons. The van der Waals surface area contributed by atoms with Gasteiger partial charge in [-0.15, -0.1) is 0 Å². The molecule has 2 rings (SSSR count). The van der Waals surface area contributed by atoms with Gasteiger partial charge in [0.1, 0.15) is 5.82 Å². The van der Waals surface area contributed by atoms with E-state index in [9.17, 15) is 4.39 Å². The zero-order chi connectivity index (χ0) is 12.3. The van der Waals surface area contributed by atoms with Crippen molar-refractivity contribution >= 4 is 15.9 Å². The highest BCUT2D eigenvalue weighted by Gasteiger charge is 2.12. The molecular weight excluding hydrogens is 285 g/mol. The van der Waals surface area contributed by atoms with Crippen LogP contribution in [0.2, 0.25) is 0 Å². The zero-order valence-electron chi connectivity index (χ0n) is 9.28. The normalized spacial score (nSPS) is 10.3. The third-order valence-electron chi connectivity index (χ3n) is 2.45. The SMILES string of the molecule is COc1nccc(CBr)c1-c1cccc(F)c1. The minimum absolute atomic E-state index is 0.270. The van der Waals surface area contributed by atoms with Crippen molar-refractivity contribution in [1.29, 1.82) is 0 Å². The number of benzene rings is 1. The van der Waals surface area contributed by atoms with Crippen LogP contribution in [0.3, 0.4) is 0 Å². The Balaban J connectivity index is 2.64. The van der Waals surface area contributed by atoms with Crippen molar-refractivity contribution in [3.8, 4) is 17.0 Å². The minimum Gasteiger partial charge on any atom is -0.481 e. The lowest BCUT2D eigenvalue weighted by Gasteiger charge is -2.11. The van der Waals surface area contributed by atoms with E-state index in [1.54, 1.807) is 19.4 Å². The number of aromatic nitrogens is 1. The van der Waals surface area contributed by atoms with Gasteiger partial charge in [0.25, 0.3) is 0 Å². The fourth-order valence-electron chi connectivity index (χ4n) is 1.70. The Morgan fingerprint density at radius 3 is 2.82 bits per heavy atom. The summed E-state index contributed by atoms with van der Waals surface area (Å²) in [6.45, 7) is 0. The first-order valence-corrected chi connectivity index (χ1v) is 6.22. The molecule has 1 aromatic heterocycles. The highest BCUT2D eigenvalue weighted by Crippen LogP contribution is 2.32. The first-order valence-electron chi connectivity index (χ1n) is 5.10. The van der Waals surface area contributed by atoms with Crippen molar-refractivity contribution in [2.75, 3.05) is 7.11 Å². The smallest absolute Gasteiger partial charge is 0.221 e. The van der Waals surface area contributed by atoms with Crippen molar-refractivity contribution < 1.29 is 9.13 Å². The summed E-state index contributed by atoms with van der Waals surface area (Å²) in [6, 6.07) is 8.30. The predicted molar refractivity (Wildman–Crippen MR) is 68.8 cm³/mol. The molecule has 0 unspecified atom stereocenters. The second kappa shape index (κ2) is 5.27. The van der Waals surface area contributed by atoms with Gasteiger partial charge in [0.15, 0.2) is 0 Å². The summed E-state index contributed by atoms with van der Waals surface area (Å²) >= 11 is 3.41. The van der Waals surface area contributed by atoms with Crippen LogP contribution in [0, 0.1) is 5.82 Å². The monoisotopic (exact) mass is 295 g/mol. The number of pyridine rings is 1. The molecule has 0 N–H and O–H groups in total. The van der Waals surface area contributed by atoms with Crippen LogP contribution in [0.25, 0.3) is 11.1 Å². The molecule has 1 heterocycles. The maximum Gasteiger partial charge on any atom is 0.221 e. The average Bonchev–Trinajstić information content (AvgIpc) is 2.37. The van der Waals surface area contributed by atoms with Crippen LogP contribution < -0.4 is 4.74 Å². The van der Waals surface area contributed by atoms with E-state index in [-0.39, 0.29) is 5.82 Å². The second-order valence-corrected chi connectivity index (χ2v) is 4.06. The number of hydrogen-bond donors (Lipinski definition) is 0. The van der Waals surface area contributed by atoms with Gasteiger partial charge in [-0.3, -0.25) is 0 Å². The lowest BCUT2D eigenvalue weighted by molar-refractivity contribution is 0.399. The first kappa shape index (κ1) is 12.0. The summed E-state index contributed by atoms with van der Waals surface area (Å²) in [5, 5.41) is 0.664. The minimum atomic E-state index is -0.270. The molecule has 0 atom stereocenters. The summed E-state index contributed by atoms with van der Waals surface area (Å²) in [5.74, 6) is 0.237. The van der Waals surface area contributed by atoms with Crippen LogP contribution in [-0.4, -0.2) is 12.1 Å². The van der Waals surface area contributed by atoms with Gasteiger partial charge in [-0.25, -0.2) is 9.37 Å². The number of methoxy groups -OCH3 is 1. The summed E-state index contributed by atoms with van der Waals surface area (Å²) in [4.78, 5) is 4.15. The van der Waals surface area contributed by atoms with E-state index in [1.807, 2.05) is 12.1 Å². The van der Waals surface area contributed by atoms with Crippen LogP contribution in [0.5, 0.6) is 5.88 Å². The van der Waals surface area contributed by atoms with Crippen molar-refractivity contribution in [3.63, 3.8) is 0 Å². The zero-order valence-corrected chi connectivity index (χ0v) is 10.9. The van der Waals surface area contributed by atoms with Crippen molar-refractivity contribution in [2.24, 2.45) is 0 Å². The van der Waals surface area contributed by atoms with E-state index < -0.39 is 0 Å². The molecule has 0 radical (unpaired) electrons. The molecule has 0 saturated heterocycles. The largest absolute Gasteiger partial charge is 0.481 e. The van der Waals surface area contributed by atoms with Crippen molar-refractivity contribution in [3.05, 3.63) is 47.9 Å². The third kappa shape index (κ3) is 2.47. The van der Waals surface area contributed by atoms with Crippen LogP contribution in [0.4, 0.5) is 4.39 Å². The molecule has 0 aliphatic rings. The standard InChI is InChI=1S/C13H11BrFNO/c1-17-13-12(10(8-14)5-6-16-13)9-3-2-4-11(15)7-9/h2-7H,8H2,1H3. The van der Waals surface area contributed by atoms with Crippen LogP contribution >= 0.6 is 15.9 Å². The molecule has 0 fully saturated rings. The van der Waals surface area contributed by atoms with Gasteiger partial charge in [-0.05, 0) is 29.3 Å². The topological polar surface area (TPSA) is 22.1 Å². The predicted octanol–water partition coefficient (Wildman–Crippen LogP) is 3.79. The molecule has 4 heteroatoms. The molecule has 0 amide bonds. The molecule has 0 bridgehead atoms. The molecule has 0 aliphatic carbocycles. The number of ether oxygens (including phenoxy) is 1. The summed E-state index contributed by atoms with van der Waals surface area (Å²) in [6.07, 6.45) is 1.68. The van der Waals surface area contributed by atoms with Crippen molar-refractivity contribution in [2.45, 2.75) is 5.33 Å². The maximum atomic E-state index is 13.3. The number of halogens is 2. The highest BCUT2D eigenvalue weighted by atomic mass is 79.9. The van der Waals surface area contributed by atoms with Gasteiger partial charge >= 0.3 is 0 Å². The van der Waals surface area contributed by atoms with E-state index in [0.717, 1.165) is 16.7 Å². The fourth-order valence-corrected chi connectivity index (χ4v) is 2.17. The fraction of sp³-hybridized carbons (Fsp3) is 0.154. The summed E-state index contributed by atoms with van der Waals surface area (Å²) in [5.41, 5.74) is 2.61. The quantitative estimate of drug-likeness (QED) is 0.804. The van der Waals surface area contributed by atoms with Gasteiger partial charge in [0.05, 0.1) is 7.11 Å². The third-order valence-corrected chi connectivity index (χ3v) is 3.06. The van der Waals surface area contributed by atoms with E-state index in [1.165, 1.54) is 12.1 Å². The highest BCUT2D eigenvalue weighted by molar-refractivity contribution is 9.08. The van der Waals surface area contributed by atoms with Gasteiger partial charge in [-0.2, -0.15) is 0 Å². The van der Waals surface area contributed by atoms with Crippen LogP contribution in [-0.2, 0) is 5.33 Å². The number of hydrogen-bond acceptors (Lipinski definition) is 2. The Hall–Kier alpha value is -1.42. The Morgan fingerprint density at radius 2 is 2.18 bits per heavy atom. The second-order valence-electron chi connectivity index (χ2n) is 3.50. The molecule has 1 aromatic carbocycles. The average molecular weight is 296 g/mol. The number of rotatable bonds is 3. The molecule has 17 heavy (non-hydrogen) atoms. The van der Waals surface area contributed by atoms with E-state index in [2.05, 4.69) is 20.9 Å². The lowest BCUT2D eigenvalue weighted by atomic mass is 10.0. The van der Waals surface area contributed by atoms with Gasteiger partial charge in [-0.1, -0.05) is 28.1 Å². The lowest BCUT2D eigenvalue weighted by Crippen LogP contribution is -1.95. The number of alkyl halides is 1. The van der Waals surface area contributed by atoms with Crippen LogP contribution in [0.15, 0.2) is 36.5 Å². The molecule has 2 nitrogen and oxygen atoms in total. The Bertz CT molecular complexity index is 508. The molecule has 0 aliphatic heterocycles. The summed E-state index contributed by atoms with van der Waals surface area (Å²) < 4.78 is 18.5. The molecular formula is C13H11BrFNO. The molecule has 0 saturated carbocycles. The first-order chi connectivity index (χ1) is 8.26. The molecule has 0 spiro atoms. The van der Waals surface area contributed by atoms with Crippen LogP contribution in [0.1, 0.15) is 5.56 Å². The van der Waals surface area contributed by atoms with E-state index in [0.29, 0.717) is 11.2 Å². The molecule has 2 aromatic rings. The van der Waals surface area contributed by atoms with Gasteiger partial charge in [0.2, 0.25) is 5.88 Å². The number of nitrogens with zero attached hydrogens (tertiary/aromatic N) is 1. The van der Waals surface area contributed by atoms with E-state index >= 15 is 0 Å². The van der Waals surface area contributed by atoms with Gasteiger partial charge in [0, 0.05) is 17.1 Å². The maximum absolute atomic E-state index is 13.3. The Morgan fingerprint density at radius 1 is 1.35 bits per heavy atom. The summed E-state index contributed by atoms with van der Waals surface area (Å²) in [7, 11) is 1.56. The Labute approximate surface area is 108 Å². The van der Waals surface area contributed by atoms with Gasteiger partial charge < -0.3 is 4.74 Å². The Kier molecular flexibility index (Phi) is 3.74.